The smallest absolute Gasteiger partial charge is 0.195 e. The van der Waals surface area contributed by atoms with Gasteiger partial charge in [-0.25, -0.2) is 4.98 Å². The van der Waals surface area contributed by atoms with Gasteiger partial charge in [0.15, 0.2) is 11.5 Å². The molecule has 0 saturated heterocycles. The molecular formula is C31H44ClNO4. The molecule has 0 aliphatic heterocycles. The molecular weight excluding hydrogens is 486 g/mol. The number of hydrogen-bond acceptors (Lipinski definition) is 5. The quantitative estimate of drug-likeness (QED) is 0.452. The van der Waals surface area contributed by atoms with E-state index in [1.807, 2.05) is 25.3 Å². The number of fused-ring (bicyclic) bond motifs is 6. The zero-order valence-electron chi connectivity index (χ0n) is 22.8. The van der Waals surface area contributed by atoms with E-state index in [1.54, 1.807) is 0 Å². The molecule has 6 heteroatoms. The van der Waals surface area contributed by atoms with Crippen LogP contribution in [0.3, 0.4) is 0 Å². The Bertz CT molecular complexity index is 1140. The number of halogens is 1. The van der Waals surface area contributed by atoms with Crippen LogP contribution in [0.15, 0.2) is 22.6 Å². The van der Waals surface area contributed by atoms with Crippen molar-refractivity contribution in [2.45, 2.75) is 96.9 Å². The van der Waals surface area contributed by atoms with E-state index in [1.165, 1.54) is 12.8 Å². The van der Waals surface area contributed by atoms with Gasteiger partial charge in [-0.2, -0.15) is 0 Å². The Labute approximate surface area is 226 Å². The third kappa shape index (κ3) is 4.10. The van der Waals surface area contributed by atoms with Crippen molar-refractivity contribution in [1.82, 2.24) is 4.98 Å². The van der Waals surface area contributed by atoms with Gasteiger partial charge in [-0.05, 0) is 110 Å². The molecule has 1 aromatic carbocycles. The van der Waals surface area contributed by atoms with Crippen molar-refractivity contribution in [2.75, 3.05) is 7.11 Å². The Kier molecular flexibility index (Phi) is 6.70. The molecule has 4 fully saturated rings. The molecule has 11 atom stereocenters. The Morgan fingerprint density at radius 1 is 1.14 bits per heavy atom. The van der Waals surface area contributed by atoms with Crippen LogP contribution in [0.1, 0.15) is 78.0 Å². The van der Waals surface area contributed by atoms with Gasteiger partial charge in [0.2, 0.25) is 0 Å². The average molecular weight is 530 g/mol. The van der Waals surface area contributed by atoms with Crippen molar-refractivity contribution in [1.29, 1.82) is 0 Å². The molecule has 0 bridgehead atoms. The normalized spacial score (nSPS) is 44.3. The summed E-state index contributed by atoms with van der Waals surface area (Å²) in [5, 5.41) is 22.7. The number of aryl methyl sites for hydroxylation is 1. The van der Waals surface area contributed by atoms with Crippen LogP contribution in [0.2, 0.25) is 5.02 Å². The molecule has 4 aliphatic rings. The Morgan fingerprint density at radius 2 is 1.95 bits per heavy atom. The summed E-state index contributed by atoms with van der Waals surface area (Å²) in [6.45, 7) is 7.34. The third-order valence-electron chi connectivity index (χ3n) is 12.0. The van der Waals surface area contributed by atoms with Gasteiger partial charge >= 0.3 is 0 Å². The number of aliphatic hydroxyl groups excluding tert-OH is 2. The summed E-state index contributed by atoms with van der Waals surface area (Å²) < 4.78 is 12.4. The fourth-order valence-electron chi connectivity index (χ4n) is 10.1. The molecule has 0 spiro atoms. The molecule has 37 heavy (non-hydrogen) atoms. The van der Waals surface area contributed by atoms with Gasteiger partial charge in [0.25, 0.3) is 0 Å². The molecule has 4 aliphatic carbocycles. The Balaban J connectivity index is 1.22. The van der Waals surface area contributed by atoms with Crippen molar-refractivity contribution < 1.29 is 19.4 Å². The largest absolute Gasteiger partial charge is 0.441 e. The van der Waals surface area contributed by atoms with Gasteiger partial charge in [0.05, 0.1) is 18.3 Å². The minimum absolute atomic E-state index is 0.0581. The summed E-state index contributed by atoms with van der Waals surface area (Å²) in [6, 6.07) is 5.61. The molecule has 0 radical (unpaired) electrons. The molecule has 0 amide bonds. The van der Waals surface area contributed by atoms with Gasteiger partial charge in [-0.15, -0.1) is 0 Å². The van der Waals surface area contributed by atoms with E-state index in [0.29, 0.717) is 40.5 Å². The van der Waals surface area contributed by atoms with Crippen LogP contribution in [0.25, 0.3) is 11.1 Å². The number of oxazole rings is 1. The SMILES string of the molecule is CO[C@H]1C[C@H]2[C@@H]([C@H](O)C[C@@H]3C[C@H](O)CC[C@@]32C)[C@@H]2CC[C@H](C(C)CCc3nc4cc(Cl)ccc4o3)[C@@]12C. The maximum absolute atomic E-state index is 11.6. The number of hydrogen-bond donors (Lipinski definition) is 2. The van der Waals surface area contributed by atoms with E-state index in [4.69, 9.17) is 25.7 Å². The molecule has 204 valence electrons. The van der Waals surface area contributed by atoms with Gasteiger partial charge in [-0.1, -0.05) is 32.4 Å². The Hall–Kier alpha value is -1.14. The van der Waals surface area contributed by atoms with E-state index in [9.17, 15) is 10.2 Å². The third-order valence-corrected chi connectivity index (χ3v) is 12.2. The highest BCUT2D eigenvalue weighted by molar-refractivity contribution is 6.31. The van der Waals surface area contributed by atoms with Crippen LogP contribution in [-0.4, -0.2) is 40.6 Å². The molecule has 2 aromatic rings. The van der Waals surface area contributed by atoms with E-state index in [2.05, 4.69) is 20.8 Å². The number of nitrogens with zero attached hydrogens (tertiary/aromatic N) is 1. The summed E-state index contributed by atoms with van der Waals surface area (Å²) in [5.41, 5.74) is 1.88. The summed E-state index contributed by atoms with van der Waals surface area (Å²) in [7, 11) is 1.90. The Morgan fingerprint density at radius 3 is 2.73 bits per heavy atom. The first-order chi connectivity index (χ1) is 17.6. The second-order valence-corrected chi connectivity index (χ2v) is 13.9. The van der Waals surface area contributed by atoms with Crippen LogP contribution in [0.5, 0.6) is 0 Å². The van der Waals surface area contributed by atoms with Crippen molar-refractivity contribution >= 4 is 22.7 Å². The summed E-state index contributed by atoms with van der Waals surface area (Å²) >= 11 is 6.14. The number of benzene rings is 1. The van der Waals surface area contributed by atoms with Crippen molar-refractivity contribution in [2.24, 2.45) is 46.3 Å². The molecule has 4 saturated carbocycles. The number of ether oxygens (including phenoxy) is 1. The van der Waals surface area contributed by atoms with Crippen LogP contribution in [0, 0.1) is 46.3 Å². The molecule has 6 rings (SSSR count). The predicted octanol–water partition coefficient (Wildman–Crippen LogP) is 6.67. The van der Waals surface area contributed by atoms with E-state index in [0.717, 1.165) is 61.9 Å². The molecule has 2 N–H and O–H groups in total. The molecule has 1 heterocycles. The van der Waals surface area contributed by atoms with Crippen LogP contribution >= 0.6 is 11.6 Å². The second-order valence-electron chi connectivity index (χ2n) is 13.5. The van der Waals surface area contributed by atoms with Gasteiger partial charge in [0.1, 0.15) is 5.52 Å². The second kappa shape index (κ2) is 9.50. The number of rotatable bonds is 5. The van der Waals surface area contributed by atoms with E-state index in [-0.39, 0.29) is 29.1 Å². The average Bonchev–Trinajstić information content (AvgIpc) is 3.43. The molecule has 5 nitrogen and oxygen atoms in total. The topological polar surface area (TPSA) is 75.7 Å². The van der Waals surface area contributed by atoms with Crippen molar-refractivity contribution in [3.05, 3.63) is 29.1 Å². The maximum Gasteiger partial charge on any atom is 0.195 e. The minimum Gasteiger partial charge on any atom is -0.441 e. The first kappa shape index (κ1) is 26.1. The zero-order chi connectivity index (χ0) is 26.1. The molecule has 1 aromatic heterocycles. The number of aromatic nitrogens is 1. The van der Waals surface area contributed by atoms with Crippen molar-refractivity contribution in [3.8, 4) is 0 Å². The van der Waals surface area contributed by atoms with Crippen LogP contribution in [-0.2, 0) is 11.2 Å². The van der Waals surface area contributed by atoms with Gasteiger partial charge in [0, 0.05) is 24.0 Å². The standard InChI is InChI=1S/C31H44ClNO4/c1-17(5-10-28-33-24-15-19(32)6-9-26(24)37-28)21-7-8-22-29-23(16-27(36-4)31(21,22)3)30(2)12-11-20(34)13-18(30)14-25(29)35/h6,9,15,17-18,20-23,25,27,29,34-35H,5,7-8,10-14,16H2,1-4H3/t17?,18-,20+,21+,22-,23-,25+,27-,29-,30-,31+/m0/s1. The van der Waals surface area contributed by atoms with Crippen LogP contribution < -0.4 is 0 Å². The van der Waals surface area contributed by atoms with E-state index >= 15 is 0 Å². The first-order valence-corrected chi connectivity index (χ1v) is 15.0. The number of aliphatic hydroxyl groups is 2. The predicted molar refractivity (Wildman–Crippen MR) is 145 cm³/mol. The molecule has 1 unspecified atom stereocenters. The maximum atomic E-state index is 11.6. The van der Waals surface area contributed by atoms with Gasteiger partial charge in [-0.3, -0.25) is 0 Å². The fraction of sp³-hybridized carbons (Fsp3) is 0.774. The van der Waals surface area contributed by atoms with Crippen molar-refractivity contribution in [3.63, 3.8) is 0 Å². The highest BCUT2D eigenvalue weighted by Crippen LogP contribution is 2.68. The zero-order valence-corrected chi connectivity index (χ0v) is 23.6. The van der Waals surface area contributed by atoms with Crippen LogP contribution in [0.4, 0.5) is 0 Å². The minimum atomic E-state index is -0.267. The fourth-order valence-corrected chi connectivity index (χ4v) is 10.2. The summed E-state index contributed by atoms with van der Waals surface area (Å²) in [6.07, 6.45) is 8.64. The summed E-state index contributed by atoms with van der Waals surface area (Å²) in [4.78, 5) is 4.69. The highest BCUT2D eigenvalue weighted by Gasteiger charge is 2.66. The lowest BCUT2D eigenvalue weighted by atomic mass is 9.43. The lowest BCUT2D eigenvalue weighted by molar-refractivity contribution is -0.212. The lowest BCUT2D eigenvalue weighted by Crippen LogP contribution is -2.62. The lowest BCUT2D eigenvalue weighted by Gasteiger charge is -2.64. The highest BCUT2D eigenvalue weighted by atomic mass is 35.5. The monoisotopic (exact) mass is 529 g/mol. The summed E-state index contributed by atoms with van der Waals surface area (Å²) in [5.74, 6) is 3.55. The first-order valence-electron chi connectivity index (χ1n) is 14.6. The van der Waals surface area contributed by atoms with Gasteiger partial charge < -0.3 is 19.4 Å². The number of methoxy groups -OCH3 is 1. The van der Waals surface area contributed by atoms with E-state index < -0.39 is 0 Å².